The number of benzene rings is 1. The van der Waals surface area contributed by atoms with Crippen molar-refractivity contribution < 1.29 is 14.9 Å². The lowest BCUT2D eigenvalue weighted by Crippen LogP contribution is -1.98. The van der Waals surface area contributed by atoms with Gasteiger partial charge in [0.2, 0.25) is 5.75 Å². The summed E-state index contributed by atoms with van der Waals surface area (Å²) in [5.74, 6) is 0.173. The number of nitrogens with zero attached hydrogens (tertiary/aromatic N) is 2. The van der Waals surface area contributed by atoms with E-state index in [1.807, 2.05) is 24.3 Å². The zero-order valence-electron chi connectivity index (χ0n) is 9.21. The molecule has 0 saturated heterocycles. The van der Waals surface area contributed by atoms with Gasteiger partial charge in [0.25, 0.3) is 5.88 Å². The highest BCUT2D eigenvalue weighted by Crippen LogP contribution is 2.22. The molecule has 1 aromatic heterocycles. The maximum atomic E-state index is 9.24. The summed E-state index contributed by atoms with van der Waals surface area (Å²) in [6, 6.07) is 7.46. The molecular formula is C12H11N2O3. The number of methoxy groups -OCH3 is 1. The van der Waals surface area contributed by atoms with Crippen molar-refractivity contribution in [3.8, 4) is 17.4 Å². The molecule has 2 rings (SSSR count). The van der Waals surface area contributed by atoms with Crippen LogP contribution in [0.1, 0.15) is 11.4 Å². The van der Waals surface area contributed by atoms with Crippen molar-refractivity contribution >= 4 is 0 Å². The molecule has 0 unspecified atom stereocenters. The van der Waals surface area contributed by atoms with Crippen molar-refractivity contribution in [2.75, 3.05) is 7.11 Å². The molecular weight excluding hydrogens is 220 g/mol. The van der Waals surface area contributed by atoms with Gasteiger partial charge in [0.15, 0.2) is 0 Å². The van der Waals surface area contributed by atoms with Crippen LogP contribution in [0, 0.1) is 6.20 Å². The predicted molar refractivity (Wildman–Crippen MR) is 60.0 cm³/mol. The first-order valence-corrected chi connectivity index (χ1v) is 4.99. The molecule has 0 bridgehead atoms. The van der Waals surface area contributed by atoms with Gasteiger partial charge >= 0.3 is 0 Å². The Labute approximate surface area is 98.4 Å². The van der Waals surface area contributed by atoms with Gasteiger partial charge in [-0.05, 0) is 6.07 Å². The third kappa shape index (κ3) is 2.44. The van der Waals surface area contributed by atoms with Gasteiger partial charge in [0.05, 0.1) is 7.11 Å². The van der Waals surface area contributed by atoms with Crippen LogP contribution in [0.25, 0.3) is 0 Å². The average Bonchev–Trinajstić information content (AvgIpc) is 2.34. The molecule has 0 spiro atoms. The van der Waals surface area contributed by atoms with Gasteiger partial charge in [-0.2, -0.15) is 4.98 Å². The average molecular weight is 231 g/mol. The molecule has 0 aliphatic heterocycles. The van der Waals surface area contributed by atoms with Crippen LogP contribution in [0.15, 0.2) is 24.3 Å². The lowest BCUT2D eigenvalue weighted by Gasteiger charge is -2.07. The summed E-state index contributed by atoms with van der Waals surface area (Å²) in [4.78, 5) is 7.56. The molecule has 2 aromatic rings. The van der Waals surface area contributed by atoms with Crippen LogP contribution >= 0.6 is 0 Å². The maximum Gasteiger partial charge on any atom is 0.258 e. The van der Waals surface area contributed by atoms with Crippen LogP contribution < -0.4 is 4.74 Å². The molecule has 0 saturated carbocycles. The number of aromatic hydroxyl groups is 2. The van der Waals surface area contributed by atoms with E-state index in [0.29, 0.717) is 12.2 Å². The fourth-order valence-corrected chi connectivity index (χ4v) is 1.47. The smallest absolute Gasteiger partial charge is 0.258 e. The van der Waals surface area contributed by atoms with E-state index in [4.69, 9.17) is 9.84 Å². The Morgan fingerprint density at radius 3 is 2.76 bits per heavy atom. The minimum Gasteiger partial charge on any atom is -0.502 e. The van der Waals surface area contributed by atoms with Crippen molar-refractivity contribution in [1.82, 2.24) is 9.97 Å². The molecule has 0 fully saturated rings. The second-order valence-corrected chi connectivity index (χ2v) is 3.41. The quantitative estimate of drug-likeness (QED) is 0.832. The highest BCUT2D eigenvalue weighted by Gasteiger charge is 2.08. The number of rotatable bonds is 3. The summed E-state index contributed by atoms with van der Waals surface area (Å²) in [5.41, 5.74) is 0.897. The van der Waals surface area contributed by atoms with Crippen molar-refractivity contribution in [3.05, 3.63) is 41.9 Å². The summed E-state index contributed by atoms with van der Waals surface area (Å²) < 4.78 is 5.19. The Bertz CT molecular complexity index is 529. The third-order valence-electron chi connectivity index (χ3n) is 2.28. The SMILES string of the molecule is COc1ccccc1Cc1n[c]c(O)c(O)n1. The maximum absolute atomic E-state index is 9.24. The van der Waals surface area contributed by atoms with Crippen LogP contribution in [0.5, 0.6) is 17.4 Å². The first-order valence-electron chi connectivity index (χ1n) is 4.99. The van der Waals surface area contributed by atoms with Gasteiger partial charge in [-0.1, -0.05) is 18.2 Å². The Morgan fingerprint density at radius 1 is 1.29 bits per heavy atom. The number of aromatic nitrogens is 2. The van der Waals surface area contributed by atoms with E-state index in [1.165, 1.54) is 0 Å². The second kappa shape index (κ2) is 4.69. The third-order valence-corrected chi connectivity index (χ3v) is 2.28. The summed E-state index contributed by atoms with van der Waals surface area (Å²) in [6.45, 7) is 0. The summed E-state index contributed by atoms with van der Waals surface area (Å²) in [7, 11) is 1.58. The number of hydrogen-bond donors (Lipinski definition) is 2. The lowest BCUT2D eigenvalue weighted by molar-refractivity contribution is 0.382. The predicted octanol–water partition coefficient (Wildman–Crippen LogP) is 1.29. The molecule has 17 heavy (non-hydrogen) atoms. The number of ether oxygens (including phenoxy) is 1. The van der Waals surface area contributed by atoms with Gasteiger partial charge in [0, 0.05) is 12.0 Å². The summed E-state index contributed by atoms with van der Waals surface area (Å²) in [6.07, 6.45) is 2.68. The van der Waals surface area contributed by atoms with Crippen molar-refractivity contribution in [1.29, 1.82) is 0 Å². The van der Waals surface area contributed by atoms with Crippen molar-refractivity contribution in [2.45, 2.75) is 6.42 Å². The minimum absolute atomic E-state index is 0.366. The second-order valence-electron chi connectivity index (χ2n) is 3.41. The van der Waals surface area contributed by atoms with Crippen LogP contribution in [-0.4, -0.2) is 27.3 Å². The Kier molecular flexibility index (Phi) is 3.09. The molecule has 87 valence electrons. The first-order chi connectivity index (χ1) is 8.20. The molecule has 0 atom stereocenters. The standard InChI is InChI=1S/C12H11N2O3/c1-17-10-5-3-2-4-8(10)6-11-13-7-9(15)12(16)14-11/h2-5,15H,6H2,1H3,(H,13,14,16). The molecule has 0 amide bonds. The molecule has 5 heteroatoms. The molecule has 1 radical (unpaired) electrons. The van der Waals surface area contributed by atoms with Gasteiger partial charge in [-0.15, -0.1) is 0 Å². The number of hydrogen-bond acceptors (Lipinski definition) is 5. The fourth-order valence-electron chi connectivity index (χ4n) is 1.47. The minimum atomic E-state index is -0.468. The van der Waals surface area contributed by atoms with E-state index < -0.39 is 11.6 Å². The Hall–Kier alpha value is -2.30. The molecule has 5 nitrogen and oxygen atoms in total. The van der Waals surface area contributed by atoms with Gasteiger partial charge < -0.3 is 14.9 Å². The zero-order valence-corrected chi connectivity index (χ0v) is 9.21. The Morgan fingerprint density at radius 2 is 2.06 bits per heavy atom. The molecule has 1 aromatic carbocycles. The van der Waals surface area contributed by atoms with E-state index in [9.17, 15) is 5.11 Å². The lowest BCUT2D eigenvalue weighted by atomic mass is 10.1. The van der Waals surface area contributed by atoms with Gasteiger partial charge in [-0.25, -0.2) is 4.98 Å². The molecule has 2 N–H and O–H groups in total. The fraction of sp³-hybridized carbons (Fsp3) is 0.167. The van der Waals surface area contributed by atoms with E-state index in [1.54, 1.807) is 7.11 Å². The van der Waals surface area contributed by atoms with E-state index in [0.717, 1.165) is 11.3 Å². The van der Waals surface area contributed by atoms with Crippen LogP contribution in [0.2, 0.25) is 0 Å². The topological polar surface area (TPSA) is 75.5 Å². The van der Waals surface area contributed by atoms with Crippen LogP contribution in [0.4, 0.5) is 0 Å². The van der Waals surface area contributed by atoms with Gasteiger partial charge in [-0.3, -0.25) is 0 Å². The van der Waals surface area contributed by atoms with Crippen LogP contribution in [0.3, 0.4) is 0 Å². The molecule has 0 aliphatic carbocycles. The van der Waals surface area contributed by atoms with Crippen LogP contribution in [-0.2, 0) is 6.42 Å². The van der Waals surface area contributed by atoms with Gasteiger partial charge in [0.1, 0.15) is 17.8 Å². The summed E-state index contributed by atoms with van der Waals surface area (Å²) >= 11 is 0. The highest BCUT2D eigenvalue weighted by atomic mass is 16.5. The summed E-state index contributed by atoms with van der Waals surface area (Å²) in [5, 5.41) is 18.3. The van der Waals surface area contributed by atoms with Crippen molar-refractivity contribution in [2.24, 2.45) is 0 Å². The van der Waals surface area contributed by atoms with E-state index >= 15 is 0 Å². The largest absolute Gasteiger partial charge is 0.502 e. The monoisotopic (exact) mass is 231 g/mol. The molecule has 0 aliphatic rings. The molecule has 1 heterocycles. The highest BCUT2D eigenvalue weighted by molar-refractivity contribution is 5.36. The van der Waals surface area contributed by atoms with E-state index in [-0.39, 0.29) is 0 Å². The number of para-hydroxylation sites is 1. The van der Waals surface area contributed by atoms with E-state index in [2.05, 4.69) is 16.2 Å². The normalized spacial score (nSPS) is 10.2. The first kappa shape index (κ1) is 11.2. The van der Waals surface area contributed by atoms with Crippen molar-refractivity contribution in [3.63, 3.8) is 0 Å². The zero-order chi connectivity index (χ0) is 12.3. The Balaban J connectivity index is 2.28.